The molecular formula is C20H17ClIN3O4. The number of nitrogens with one attached hydrogen (secondary N) is 1. The zero-order chi connectivity index (χ0) is 21.4. The van der Waals surface area contributed by atoms with Crippen LogP contribution in [-0.2, 0) is 9.59 Å². The molecule has 0 saturated carbocycles. The van der Waals surface area contributed by atoms with E-state index in [0.717, 1.165) is 0 Å². The van der Waals surface area contributed by atoms with Gasteiger partial charge in [0.05, 0.1) is 10.2 Å². The molecule has 0 bridgehead atoms. The molecule has 2 aromatic carbocycles. The van der Waals surface area contributed by atoms with Crippen LogP contribution in [0.5, 0.6) is 11.5 Å². The molecule has 0 atom stereocenters. The van der Waals surface area contributed by atoms with Gasteiger partial charge in [0.15, 0.2) is 18.1 Å². The Labute approximate surface area is 186 Å². The van der Waals surface area contributed by atoms with E-state index in [1.807, 2.05) is 28.7 Å². The van der Waals surface area contributed by atoms with E-state index in [1.54, 1.807) is 43.3 Å². The summed E-state index contributed by atoms with van der Waals surface area (Å²) in [4.78, 5) is 23.4. The number of nitriles is 1. The minimum absolute atomic E-state index is 0.0935. The number of primary amides is 1. The van der Waals surface area contributed by atoms with Gasteiger partial charge >= 0.3 is 0 Å². The number of ether oxygens (including phenoxy) is 2. The normalized spacial score (nSPS) is 10.8. The number of carbonyl (C=O) groups is 2. The van der Waals surface area contributed by atoms with Crippen molar-refractivity contribution < 1.29 is 19.1 Å². The Balaban J connectivity index is 2.31. The van der Waals surface area contributed by atoms with E-state index in [2.05, 4.69) is 5.32 Å². The van der Waals surface area contributed by atoms with Gasteiger partial charge in [0, 0.05) is 10.7 Å². The summed E-state index contributed by atoms with van der Waals surface area (Å²) in [5, 5.41) is 12.6. The van der Waals surface area contributed by atoms with Crippen molar-refractivity contribution in [2.75, 3.05) is 18.5 Å². The minimum atomic E-state index is -0.613. The van der Waals surface area contributed by atoms with Crippen LogP contribution in [0.15, 0.2) is 42.0 Å². The maximum absolute atomic E-state index is 12.4. The van der Waals surface area contributed by atoms with Crippen LogP contribution in [0.3, 0.4) is 0 Å². The lowest BCUT2D eigenvalue weighted by Crippen LogP contribution is -2.20. The van der Waals surface area contributed by atoms with Crippen molar-refractivity contribution in [2.45, 2.75) is 6.92 Å². The number of benzene rings is 2. The van der Waals surface area contributed by atoms with E-state index in [9.17, 15) is 14.9 Å². The predicted octanol–water partition coefficient (Wildman–Crippen LogP) is 3.75. The molecule has 3 N–H and O–H groups in total. The number of carbonyl (C=O) groups excluding carboxylic acids is 2. The first-order chi connectivity index (χ1) is 13.8. The largest absolute Gasteiger partial charge is 0.490 e. The van der Waals surface area contributed by atoms with Crippen LogP contribution in [0.4, 0.5) is 5.69 Å². The van der Waals surface area contributed by atoms with Crippen molar-refractivity contribution >= 4 is 57.8 Å². The number of rotatable bonds is 8. The first-order valence-corrected chi connectivity index (χ1v) is 9.85. The fraction of sp³-hybridized carbons (Fsp3) is 0.150. The number of nitrogens with zero attached hydrogens (tertiary/aromatic N) is 1. The fourth-order valence-electron chi connectivity index (χ4n) is 2.26. The quantitative estimate of drug-likeness (QED) is 0.309. The summed E-state index contributed by atoms with van der Waals surface area (Å²) in [5.74, 6) is -0.426. The van der Waals surface area contributed by atoms with Gasteiger partial charge in [0.25, 0.3) is 11.8 Å². The summed E-state index contributed by atoms with van der Waals surface area (Å²) < 4.78 is 11.6. The second kappa shape index (κ2) is 10.7. The van der Waals surface area contributed by atoms with Gasteiger partial charge in [-0.2, -0.15) is 5.26 Å². The van der Waals surface area contributed by atoms with Crippen molar-refractivity contribution in [3.05, 3.63) is 56.1 Å². The highest BCUT2D eigenvalue weighted by atomic mass is 127. The molecule has 7 nitrogen and oxygen atoms in total. The van der Waals surface area contributed by atoms with Gasteiger partial charge in [0.2, 0.25) is 0 Å². The van der Waals surface area contributed by atoms with E-state index in [4.69, 9.17) is 26.8 Å². The van der Waals surface area contributed by atoms with Gasteiger partial charge in [-0.3, -0.25) is 9.59 Å². The molecule has 2 amide bonds. The maximum atomic E-state index is 12.4. The molecule has 0 unspecified atom stereocenters. The summed E-state index contributed by atoms with van der Waals surface area (Å²) in [6.45, 7) is 1.87. The molecule has 0 aliphatic rings. The third kappa shape index (κ3) is 6.66. The molecule has 0 aromatic heterocycles. The summed E-state index contributed by atoms with van der Waals surface area (Å²) in [6.07, 6.45) is 1.44. The average molecular weight is 526 g/mol. The lowest BCUT2D eigenvalue weighted by molar-refractivity contribution is -0.120. The maximum Gasteiger partial charge on any atom is 0.266 e. The number of hydrogen-bond donors (Lipinski definition) is 2. The first-order valence-electron chi connectivity index (χ1n) is 8.40. The Hall–Kier alpha value is -2.77. The van der Waals surface area contributed by atoms with E-state index in [1.165, 1.54) is 6.08 Å². The number of amides is 2. The van der Waals surface area contributed by atoms with Gasteiger partial charge in [-0.05, 0) is 77.6 Å². The molecule has 0 aliphatic heterocycles. The van der Waals surface area contributed by atoms with Gasteiger partial charge < -0.3 is 20.5 Å². The van der Waals surface area contributed by atoms with Crippen molar-refractivity contribution in [2.24, 2.45) is 5.73 Å². The minimum Gasteiger partial charge on any atom is -0.490 e. The molecule has 0 heterocycles. The van der Waals surface area contributed by atoms with E-state index in [0.29, 0.717) is 37.9 Å². The van der Waals surface area contributed by atoms with Crippen LogP contribution in [0.25, 0.3) is 6.08 Å². The SMILES string of the molecule is CCOc1cc(/C=C(\C#N)C(=O)Nc2ccc(Cl)cc2)cc(I)c1OCC(N)=O. The van der Waals surface area contributed by atoms with Crippen molar-refractivity contribution in [1.29, 1.82) is 5.26 Å². The van der Waals surface area contributed by atoms with Crippen LogP contribution in [0.1, 0.15) is 12.5 Å². The molecular weight excluding hydrogens is 509 g/mol. The summed E-state index contributed by atoms with van der Waals surface area (Å²) in [5.41, 5.74) is 6.11. The Kier molecular flexibility index (Phi) is 8.30. The molecule has 29 heavy (non-hydrogen) atoms. The van der Waals surface area contributed by atoms with Gasteiger partial charge in [-0.1, -0.05) is 11.6 Å². The first kappa shape index (κ1) is 22.5. The molecule has 9 heteroatoms. The number of anilines is 1. The standard InChI is InChI=1S/C20H17ClIN3O4/c1-2-28-17-9-12(8-16(22)19(17)29-11-18(24)26)7-13(10-23)20(27)25-15-5-3-14(21)4-6-15/h3-9H,2,11H2,1H3,(H2,24,26)(H,25,27)/b13-7+. The smallest absolute Gasteiger partial charge is 0.266 e. The second-order valence-corrected chi connectivity index (χ2v) is 7.25. The Morgan fingerprint density at radius 3 is 2.55 bits per heavy atom. The van der Waals surface area contributed by atoms with Crippen LogP contribution >= 0.6 is 34.2 Å². The molecule has 0 aliphatic carbocycles. The summed E-state index contributed by atoms with van der Waals surface area (Å²) >= 11 is 7.84. The van der Waals surface area contributed by atoms with E-state index >= 15 is 0 Å². The van der Waals surface area contributed by atoms with Crippen molar-refractivity contribution in [1.82, 2.24) is 0 Å². The highest BCUT2D eigenvalue weighted by Crippen LogP contribution is 2.35. The summed E-state index contributed by atoms with van der Waals surface area (Å²) in [6, 6.07) is 11.8. The van der Waals surface area contributed by atoms with Crippen LogP contribution in [-0.4, -0.2) is 25.0 Å². The molecule has 2 aromatic rings. The predicted molar refractivity (Wildman–Crippen MR) is 119 cm³/mol. The average Bonchev–Trinajstić information content (AvgIpc) is 2.67. The monoisotopic (exact) mass is 525 g/mol. The third-order valence-corrected chi connectivity index (χ3v) is 4.52. The van der Waals surface area contributed by atoms with Crippen LogP contribution in [0.2, 0.25) is 5.02 Å². The third-order valence-electron chi connectivity index (χ3n) is 3.47. The van der Waals surface area contributed by atoms with Gasteiger partial charge in [0.1, 0.15) is 11.6 Å². The fourth-order valence-corrected chi connectivity index (χ4v) is 3.17. The molecule has 0 saturated heterocycles. The molecule has 0 spiro atoms. The number of halogens is 2. The van der Waals surface area contributed by atoms with Crippen LogP contribution in [0, 0.1) is 14.9 Å². The Morgan fingerprint density at radius 1 is 1.28 bits per heavy atom. The lowest BCUT2D eigenvalue weighted by Gasteiger charge is -2.14. The van der Waals surface area contributed by atoms with Crippen molar-refractivity contribution in [3.8, 4) is 17.6 Å². The topological polar surface area (TPSA) is 114 Å². The van der Waals surface area contributed by atoms with Crippen molar-refractivity contribution in [3.63, 3.8) is 0 Å². The number of hydrogen-bond acceptors (Lipinski definition) is 5. The Morgan fingerprint density at radius 2 is 1.97 bits per heavy atom. The molecule has 2 rings (SSSR count). The van der Waals surface area contributed by atoms with E-state index < -0.39 is 11.8 Å². The zero-order valence-corrected chi connectivity index (χ0v) is 18.3. The van der Waals surface area contributed by atoms with Gasteiger partial charge in [-0.25, -0.2) is 0 Å². The van der Waals surface area contributed by atoms with E-state index in [-0.39, 0.29) is 12.2 Å². The molecule has 0 fully saturated rings. The van der Waals surface area contributed by atoms with Crippen LogP contribution < -0.4 is 20.5 Å². The van der Waals surface area contributed by atoms with Gasteiger partial charge in [-0.15, -0.1) is 0 Å². The highest BCUT2D eigenvalue weighted by molar-refractivity contribution is 14.1. The highest BCUT2D eigenvalue weighted by Gasteiger charge is 2.15. The molecule has 0 radical (unpaired) electrons. The number of nitrogens with two attached hydrogens (primary N) is 1. The summed E-state index contributed by atoms with van der Waals surface area (Å²) in [7, 11) is 0. The Bertz CT molecular complexity index is 984. The lowest BCUT2D eigenvalue weighted by atomic mass is 10.1. The zero-order valence-electron chi connectivity index (χ0n) is 15.4. The second-order valence-electron chi connectivity index (χ2n) is 5.65. The molecule has 150 valence electrons.